The molecule has 1 N–H and O–H groups in total. The van der Waals surface area contributed by atoms with Gasteiger partial charge in [0.2, 0.25) is 0 Å². The molecule has 0 radical (unpaired) electrons. The molecule has 0 aliphatic heterocycles. The topological polar surface area (TPSA) is 51.5 Å². The quantitative estimate of drug-likeness (QED) is 0.750. The first-order valence-corrected chi connectivity index (χ1v) is 8.72. The monoisotopic (exact) mass is 340 g/mol. The third-order valence-electron chi connectivity index (χ3n) is 4.66. The molecule has 25 heavy (non-hydrogen) atoms. The Bertz CT molecular complexity index is 873. The van der Waals surface area contributed by atoms with E-state index < -0.39 is 0 Å². The molecule has 130 valence electrons. The zero-order chi connectivity index (χ0) is 17.2. The van der Waals surface area contributed by atoms with E-state index in [1.807, 2.05) is 25.3 Å². The predicted molar refractivity (Wildman–Crippen MR) is 94.3 cm³/mol. The Hall–Kier alpha value is -2.63. The van der Waals surface area contributed by atoms with Gasteiger partial charge in [-0.2, -0.15) is 5.10 Å². The van der Waals surface area contributed by atoms with E-state index in [0.717, 1.165) is 35.6 Å². The van der Waals surface area contributed by atoms with Gasteiger partial charge in [-0.25, -0.2) is 13.9 Å². The number of rotatable bonds is 5. The minimum absolute atomic E-state index is 0.134. The molecule has 1 unspecified atom stereocenters. The SMILES string of the molecule is CC(Nc1ccn2nccc2n1)c1cc(F)ccc1OC1CCCC1. The van der Waals surface area contributed by atoms with Crippen LogP contribution >= 0.6 is 0 Å². The number of nitrogens with zero attached hydrogens (tertiary/aromatic N) is 3. The van der Waals surface area contributed by atoms with Crippen molar-refractivity contribution in [1.29, 1.82) is 0 Å². The van der Waals surface area contributed by atoms with Crippen molar-refractivity contribution in [3.8, 4) is 5.75 Å². The van der Waals surface area contributed by atoms with E-state index >= 15 is 0 Å². The van der Waals surface area contributed by atoms with E-state index in [1.54, 1.807) is 22.8 Å². The van der Waals surface area contributed by atoms with Crippen LogP contribution in [0.2, 0.25) is 0 Å². The summed E-state index contributed by atoms with van der Waals surface area (Å²) in [6.45, 7) is 1.98. The second kappa shape index (κ2) is 6.70. The van der Waals surface area contributed by atoms with Crippen molar-refractivity contribution < 1.29 is 9.13 Å². The van der Waals surface area contributed by atoms with Crippen molar-refractivity contribution >= 4 is 11.5 Å². The Balaban J connectivity index is 1.57. The predicted octanol–water partition coefficient (Wildman–Crippen LogP) is 4.36. The van der Waals surface area contributed by atoms with Crippen LogP contribution in [0.1, 0.15) is 44.2 Å². The molecule has 0 saturated heterocycles. The molecular weight excluding hydrogens is 319 g/mol. The number of aromatic nitrogens is 3. The Labute approximate surface area is 145 Å². The molecule has 5 nitrogen and oxygen atoms in total. The molecule has 1 aromatic carbocycles. The molecule has 3 aromatic rings. The highest BCUT2D eigenvalue weighted by Crippen LogP contribution is 2.32. The minimum Gasteiger partial charge on any atom is -0.490 e. The second-order valence-corrected chi connectivity index (χ2v) is 6.52. The summed E-state index contributed by atoms with van der Waals surface area (Å²) in [5, 5.41) is 7.47. The summed E-state index contributed by atoms with van der Waals surface area (Å²) in [6, 6.07) is 8.29. The average Bonchev–Trinajstić information content (AvgIpc) is 3.27. The number of ether oxygens (including phenoxy) is 1. The molecule has 6 heteroatoms. The van der Waals surface area contributed by atoms with Crippen molar-refractivity contribution in [2.24, 2.45) is 0 Å². The summed E-state index contributed by atoms with van der Waals surface area (Å²) < 4.78 is 21.7. The summed E-state index contributed by atoms with van der Waals surface area (Å²) >= 11 is 0. The second-order valence-electron chi connectivity index (χ2n) is 6.52. The Morgan fingerprint density at radius 1 is 1.24 bits per heavy atom. The summed E-state index contributed by atoms with van der Waals surface area (Å²) in [5.74, 6) is 1.21. The summed E-state index contributed by atoms with van der Waals surface area (Å²) in [6.07, 6.45) is 8.32. The van der Waals surface area contributed by atoms with Crippen LogP contribution in [0.25, 0.3) is 5.65 Å². The van der Waals surface area contributed by atoms with Gasteiger partial charge in [-0.3, -0.25) is 0 Å². The molecule has 1 fully saturated rings. The van der Waals surface area contributed by atoms with Crippen molar-refractivity contribution in [2.75, 3.05) is 5.32 Å². The molecule has 2 aromatic heterocycles. The molecule has 0 bridgehead atoms. The van der Waals surface area contributed by atoms with E-state index in [0.29, 0.717) is 0 Å². The van der Waals surface area contributed by atoms with Crippen molar-refractivity contribution in [3.63, 3.8) is 0 Å². The fourth-order valence-corrected chi connectivity index (χ4v) is 3.34. The van der Waals surface area contributed by atoms with Crippen molar-refractivity contribution in [3.05, 3.63) is 54.1 Å². The summed E-state index contributed by atoms with van der Waals surface area (Å²) in [4.78, 5) is 4.51. The van der Waals surface area contributed by atoms with Crippen LogP contribution in [-0.4, -0.2) is 20.7 Å². The van der Waals surface area contributed by atoms with E-state index in [9.17, 15) is 4.39 Å². The van der Waals surface area contributed by atoms with Gasteiger partial charge in [-0.1, -0.05) is 0 Å². The summed E-state index contributed by atoms with van der Waals surface area (Å²) in [7, 11) is 0. The van der Waals surface area contributed by atoms with Crippen LogP contribution in [-0.2, 0) is 0 Å². The molecule has 1 aliphatic carbocycles. The van der Waals surface area contributed by atoms with Crippen LogP contribution < -0.4 is 10.1 Å². The van der Waals surface area contributed by atoms with Gasteiger partial charge < -0.3 is 10.1 Å². The highest BCUT2D eigenvalue weighted by Gasteiger charge is 2.20. The molecule has 0 spiro atoms. The van der Waals surface area contributed by atoms with Gasteiger partial charge in [0.1, 0.15) is 17.4 Å². The first kappa shape index (κ1) is 15.9. The molecule has 1 atom stereocenters. The smallest absolute Gasteiger partial charge is 0.157 e. The number of nitrogens with one attached hydrogen (secondary N) is 1. The van der Waals surface area contributed by atoms with E-state index in [2.05, 4.69) is 15.4 Å². The summed E-state index contributed by atoms with van der Waals surface area (Å²) in [5.41, 5.74) is 1.57. The lowest BCUT2D eigenvalue weighted by Crippen LogP contribution is -2.15. The largest absolute Gasteiger partial charge is 0.490 e. The fraction of sp³-hybridized carbons (Fsp3) is 0.368. The van der Waals surface area contributed by atoms with E-state index in [-0.39, 0.29) is 18.0 Å². The molecule has 4 rings (SSSR count). The molecule has 0 amide bonds. The number of benzene rings is 1. The third kappa shape index (κ3) is 3.43. The van der Waals surface area contributed by atoms with Crippen molar-refractivity contribution in [2.45, 2.75) is 44.8 Å². The van der Waals surface area contributed by atoms with Gasteiger partial charge in [-0.15, -0.1) is 0 Å². The van der Waals surface area contributed by atoms with Gasteiger partial charge in [-0.05, 0) is 56.9 Å². The average molecular weight is 340 g/mol. The Morgan fingerprint density at radius 3 is 2.92 bits per heavy atom. The van der Waals surface area contributed by atoms with Crippen LogP contribution in [0.5, 0.6) is 5.75 Å². The highest BCUT2D eigenvalue weighted by atomic mass is 19.1. The lowest BCUT2D eigenvalue weighted by atomic mass is 10.1. The zero-order valence-corrected chi connectivity index (χ0v) is 14.2. The molecular formula is C19H21FN4O. The van der Waals surface area contributed by atoms with E-state index in [1.165, 1.54) is 18.9 Å². The van der Waals surface area contributed by atoms with Gasteiger partial charge in [0.05, 0.1) is 18.3 Å². The van der Waals surface area contributed by atoms with Gasteiger partial charge in [0, 0.05) is 17.8 Å². The van der Waals surface area contributed by atoms with Crippen LogP contribution in [0.4, 0.5) is 10.2 Å². The first-order valence-electron chi connectivity index (χ1n) is 8.72. The highest BCUT2D eigenvalue weighted by molar-refractivity contribution is 5.48. The number of fused-ring (bicyclic) bond motifs is 1. The number of halogens is 1. The van der Waals surface area contributed by atoms with Crippen LogP contribution in [0, 0.1) is 5.82 Å². The number of hydrogen-bond donors (Lipinski definition) is 1. The van der Waals surface area contributed by atoms with Gasteiger partial charge in [0.15, 0.2) is 5.65 Å². The van der Waals surface area contributed by atoms with Crippen LogP contribution in [0.3, 0.4) is 0 Å². The van der Waals surface area contributed by atoms with Crippen LogP contribution in [0.15, 0.2) is 42.7 Å². The fourth-order valence-electron chi connectivity index (χ4n) is 3.34. The maximum absolute atomic E-state index is 13.8. The standard InChI is InChI=1S/C19H21FN4O/c1-13(22-18-9-11-24-19(23-18)8-10-21-24)16-12-14(20)6-7-17(16)25-15-4-2-3-5-15/h6-13,15H,2-5H2,1H3,(H,22,23). The maximum Gasteiger partial charge on any atom is 0.157 e. The molecule has 1 saturated carbocycles. The lowest BCUT2D eigenvalue weighted by molar-refractivity contribution is 0.207. The maximum atomic E-state index is 13.8. The Kier molecular flexibility index (Phi) is 4.26. The first-order chi connectivity index (χ1) is 12.2. The normalized spacial score (nSPS) is 16.2. The third-order valence-corrected chi connectivity index (χ3v) is 4.66. The lowest BCUT2D eigenvalue weighted by Gasteiger charge is -2.21. The van der Waals surface area contributed by atoms with Crippen molar-refractivity contribution in [1.82, 2.24) is 14.6 Å². The van der Waals surface area contributed by atoms with Gasteiger partial charge >= 0.3 is 0 Å². The van der Waals surface area contributed by atoms with Gasteiger partial charge in [0.25, 0.3) is 0 Å². The minimum atomic E-state index is -0.262. The molecule has 2 heterocycles. The number of hydrogen-bond acceptors (Lipinski definition) is 4. The number of anilines is 1. The van der Waals surface area contributed by atoms with E-state index in [4.69, 9.17) is 4.74 Å². The Morgan fingerprint density at radius 2 is 2.08 bits per heavy atom. The molecule has 1 aliphatic rings. The zero-order valence-electron chi connectivity index (χ0n) is 14.2.